The van der Waals surface area contributed by atoms with Crippen molar-refractivity contribution in [3.63, 3.8) is 0 Å². The number of ether oxygens (including phenoxy) is 1. The van der Waals surface area contributed by atoms with Crippen molar-refractivity contribution in [1.82, 2.24) is 30.6 Å². The summed E-state index contributed by atoms with van der Waals surface area (Å²) in [5.41, 5.74) is 5.91. The second-order valence-electron chi connectivity index (χ2n) is 9.38. The molecule has 2 aromatic rings. The fraction of sp³-hybridized carbons (Fsp3) is 0.522. The SMILES string of the molecule is CC(C)(C)OC(=O)N1CCc2nc(C3CN(NCc4ccc(Cl)cc4Cl)CCN3)ncc2C1. The number of nitrogens with zero attached hydrogens (tertiary/aromatic N) is 4. The van der Waals surface area contributed by atoms with E-state index in [0.717, 1.165) is 42.3 Å². The maximum atomic E-state index is 12.4. The van der Waals surface area contributed by atoms with Crippen molar-refractivity contribution in [2.45, 2.75) is 51.9 Å². The molecule has 178 valence electrons. The van der Waals surface area contributed by atoms with Crippen LogP contribution in [0.25, 0.3) is 0 Å². The summed E-state index contributed by atoms with van der Waals surface area (Å²) in [4.78, 5) is 23.6. The molecule has 1 fully saturated rings. The number of carbonyl (C=O) groups excluding carboxylic acids is 1. The summed E-state index contributed by atoms with van der Waals surface area (Å²) in [6.07, 6.45) is 2.23. The van der Waals surface area contributed by atoms with Crippen molar-refractivity contribution < 1.29 is 9.53 Å². The first-order valence-electron chi connectivity index (χ1n) is 11.2. The molecule has 10 heteroatoms. The lowest BCUT2D eigenvalue weighted by atomic mass is 10.1. The number of carbonyl (C=O) groups is 1. The van der Waals surface area contributed by atoms with Crippen LogP contribution in [0.4, 0.5) is 4.79 Å². The molecule has 0 saturated carbocycles. The van der Waals surface area contributed by atoms with E-state index < -0.39 is 5.60 Å². The van der Waals surface area contributed by atoms with Crippen molar-refractivity contribution in [3.8, 4) is 0 Å². The number of hydrazine groups is 1. The maximum absolute atomic E-state index is 12.4. The highest BCUT2D eigenvalue weighted by molar-refractivity contribution is 6.35. The Morgan fingerprint density at radius 2 is 2.12 bits per heavy atom. The monoisotopic (exact) mass is 492 g/mol. The van der Waals surface area contributed by atoms with Crippen LogP contribution in [0.1, 0.15) is 49.5 Å². The van der Waals surface area contributed by atoms with E-state index in [4.69, 9.17) is 32.9 Å². The lowest BCUT2D eigenvalue weighted by Gasteiger charge is -2.34. The maximum Gasteiger partial charge on any atom is 0.410 e. The molecule has 2 aliphatic heterocycles. The van der Waals surface area contributed by atoms with Gasteiger partial charge in [0.05, 0.1) is 18.3 Å². The topological polar surface area (TPSA) is 82.6 Å². The smallest absolute Gasteiger partial charge is 0.410 e. The minimum atomic E-state index is -0.511. The summed E-state index contributed by atoms with van der Waals surface area (Å²) in [6, 6.07) is 5.55. The van der Waals surface area contributed by atoms with Gasteiger partial charge in [-0.15, -0.1) is 0 Å². The van der Waals surface area contributed by atoms with Gasteiger partial charge in [0.15, 0.2) is 0 Å². The van der Waals surface area contributed by atoms with Gasteiger partial charge in [0.1, 0.15) is 11.4 Å². The number of nitrogens with one attached hydrogen (secondary N) is 2. The normalized spacial score (nSPS) is 19.3. The molecule has 1 atom stereocenters. The van der Waals surface area contributed by atoms with Gasteiger partial charge in [-0.3, -0.25) is 5.43 Å². The van der Waals surface area contributed by atoms with E-state index in [2.05, 4.69) is 20.7 Å². The quantitative estimate of drug-likeness (QED) is 0.672. The fourth-order valence-corrected chi connectivity index (χ4v) is 4.39. The predicted molar refractivity (Wildman–Crippen MR) is 128 cm³/mol. The van der Waals surface area contributed by atoms with E-state index in [0.29, 0.717) is 36.1 Å². The zero-order valence-corrected chi connectivity index (χ0v) is 20.7. The zero-order chi connectivity index (χ0) is 23.6. The summed E-state index contributed by atoms with van der Waals surface area (Å²) in [6.45, 7) is 9.70. The number of piperazine rings is 1. The number of halogens is 2. The van der Waals surface area contributed by atoms with Crippen molar-refractivity contribution in [3.05, 3.63) is 57.1 Å². The van der Waals surface area contributed by atoms with Gasteiger partial charge in [0, 0.05) is 61.0 Å². The molecule has 0 spiro atoms. The van der Waals surface area contributed by atoms with Crippen LogP contribution in [-0.4, -0.2) is 57.8 Å². The number of aromatic nitrogens is 2. The summed E-state index contributed by atoms with van der Waals surface area (Å²) < 4.78 is 5.50. The minimum absolute atomic E-state index is 0.0149. The number of amides is 1. The van der Waals surface area contributed by atoms with E-state index in [-0.39, 0.29) is 12.1 Å². The summed E-state index contributed by atoms with van der Waals surface area (Å²) in [5, 5.41) is 6.96. The Labute approximate surface area is 204 Å². The molecule has 0 aliphatic carbocycles. The highest BCUT2D eigenvalue weighted by Crippen LogP contribution is 2.23. The van der Waals surface area contributed by atoms with E-state index in [9.17, 15) is 4.79 Å². The molecule has 1 saturated heterocycles. The van der Waals surface area contributed by atoms with Crippen LogP contribution in [0.15, 0.2) is 24.4 Å². The standard InChI is InChI=1S/C23H30Cl2N6O2/c1-23(2,3)33-22(32)30-8-6-19-16(13-30)11-27-21(29-19)20-14-31(9-7-26-20)28-12-15-4-5-17(24)10-18(15)25/h4-5,10-11,20,26,28H,6-9,12-14H2,1-3H3. The lowest BCUT2D eigenvalue weighted by molar-refractivity contribution is 0.0222. The third kappa shape index (κ3) is 6.33. The number of hydrogen-bond acceptors (Lipinski definition) is 7. The molecule has 2 aliphatic rings. The van der Waals surface area contributed by atoms with Gasteiger partial charge in [0.2, 0.25) is 0 Å². The van der Waals surface area contributed by atoms with E-state index in [1.807, 2.05) is 39.1 Å². The van der Waals surface area contributed by atoms with E-state index in [1.165, 1.54) is 0 Å². The molecule has 4 rings (SSSR count). The van der Waals surface area contributed by atoms with Gasteiger partial charge in [-0.05, 0) is 38.5 Å². The van der Waals surface area contributed by atoms with Crippen LogP contribution < -0.4 is 10.7 Å². The Hall–Kier alpha value is -1.97. The minimum Gasteiger partial charge on any atom is -0.444 e. The molecule has 8 nitrogen and oxygen atoms in total. The Morgan fingerprint density at radius 1 is 1.30 bits per heavy atom. The number of rotatable bonds is 4. The predicted octanol–water partition coefficient (Wildman–Crippen LogP) is 3.73. The number of hydrogen-bond donors (Lipinski definition) is 2. The Kier molecular flexibility index (Phi) is 7.40. The van der Waals surface area contributed by atoms with Gasteiger partial charge in [0.25, 0.3) is 0 Å². The average molecular weight is 493 g/mol. The molecule has 2 N–H and O–H groups in total. The average Bonchev–Trinajstić information content (AvgIpc) is 2.77. The fourth-order valence-electron chi connectivity index (χ4n) is 3.91. The van der Waals surface area contributed by atoms with Gasteiger partial charge in [-0.25, -0.2) is 19.8 Å². The number of fused-ring (bicyclic) bond motifs is 1. The van der Waals surface area contributed by atoms with Crippen LogP contribution in [-0.2, 0) is 24.2 Å². The second kappa shape index (κ2) is 10.1. The second-order valence-corrected chi connectivity index (χ2v) is 10.2. The van der Waals surface area contributed by atoms with E-state index >= 15 is 0 Å². The van der Waals surface area contributed by atoms with Crippen molar-refractivity contribution in [2.24, 2.45) is 0 Å². The molecule has 0 bridgehead atoms. The van der Waals surface area contributed by atoms with Gasteiger partial charge < -0.3 is 15.0 Å². The first kappa shape index (κ1) is 24.2. The third-order valence-electron chi connectivity index (χ3n) is 5.60. The molecular formula is C23H30Cl2N6O2. The van der Waals surface area contributed by atoms with Crippen molar-refractivity contribution in [1.29, 1.82) is 0 Å². The molecular weight excluding hydrogens is 463 g/mol. The van der Waals surface area contributed by atoms with Gasteiger partial charge in [-0.1, -0.05) is 29.3 Å². The van der Waals surface area contributed by atoms with E-state index in [1.54, 1.807) is 11.0 Å². The number of benzene rings is 1. The molecule has 0 radical (unpaired) electrons. The van der Waals surface area contributed by atoms with Crippen molar-refractivity contribution in [2.75, 3.05) is 26.2 Å². The van der Waals surface area contributed by atoms with Crippen LogP contribution in [0.5, 0.6) is 0 Å². The molecule has 3 heterocycles. The summed E-state index contributed by atoms with van der Waals surface area (Å²) >= 11 is 12.3. The first-order chi connectivity index (χ1) is 15.7. The third-order valence-corrected chi connectivity index (χ3v) is 6.19. The molecule has 33 heavy (non-hydrogen) atoms. The first-order valence-corrected chi connectivity index (χ1v) is 11.9. The highest BCUT2D eigenvalue weighted by atomic mass is 35.5. The van der Waals surface area contributed by atoms with Crippen molar-refractivity contribution >= 4 is 29.3 Å². The molecule has 1 aromatic carbocycles. The Morgan fingerprint density at radius 3 is 2.88 bits per heavy atom. The van der Waals surface area contributed by atoms with Gasteiger partial charge in [-0.2, -0.15) is 0 Å². The Balaban J connectivity index is 1.36. The molecule has 1 amide bonds. The summed E-state index contributed by atoms with van der Waals surface area (Å²) in [5.74, 6) is 0.774. The molecule has 1 aromatic heterocycles. The summed E-state index contributed by atoms with van der Waals surface area (Å²) in [7, 11) is 0. The lowest BCUT2D eigenvalue weighted by Crippen LogP contribution is -2.51. The van der Waals surface area contributed by atoms with Crippen LogP contribution >= 0.6 is 23.2 Å². The van der Waals surface area contributed by atoms with Crippen LogP contribution in [0, 0.1) is 0 Å². The van der Waals surface area contributed by atoms with Crippen LogP contribution in [0.2, 0.25) is 10.0 Å². The largest absolute Gasteiger partial charge is 0.444 e. The molecule has 1 unspecified atom stereocenters. The van der Waals surface area contributed by atoms with Gasteiger partial charge >= 0.3 is 6.09 Å². The Bertz CT molecular complexity index is 1010. The highest BCUT2D eigenvalue weighted by Gasteiger charge is 2.28. The van der Waals surface area contributed by atoms with Crippen LogP contribution in [0.3, 0.4) is 0 Å². The zero-order valence-electron chi connectivity index (χ0n) is 19.2.